The van der Waals surface area contributed by atoms with E-state index in [1.807, 2.05) is 20.8 Å². The van der Waals surface area contributed by atoms with E-state index < -0.39 is 53.0 Å². The number of carboxylic acid groups (broad SMARTS) is 1. The van der Waals surface area contributed by atoms with E-state index in [0.717, 1.165) is 6.07 Å². The van der Waals surface area contributed by atoms with Gasteiger partial charge in [0.2, 0.25) is 11.7 Å². The number of halogens is 3. The van der Waals surface area contributed by atoms with Crippen molar-refractivity contribution >= 4 is 17.8 Å². The lowest BCUT2D eigenvalue weighted by atomic mass is 9.68. The van der Waals surface area contributed by atoms with Crippen molar-refractivity contribution in [2.24, 2.45) is 5.41 Å². The van der Waals surface area contributed by atoms with Crippen LogP contribution in [0.25, 0.3) is 0 Å². The molecule has 1 aliphatic carbocycles. The highest BCUT2D eigenvalue weighted by Gasteiger charge is 2.52. The molecule has 1 saturated heterocycles. The predicted molar refractivity (Wildman–Crippen MR) is 111 cm³/mol. The minimum atomic E-state index is -4.72. The number of furan rings is 1. The quantitative estimate of drug-likeness (QED) is 0.606. The van der Waals surface area contributed by atoms with E-state index >= 15 is 0 Å². The zero-order chi connectivity index (χ0) is 24.8. The lowest BCUT2D eigenvalue weighted by Crippen LogP contribution is -2.59. The third kappa shape index (κ3) is 5.34. The summed E-state index contributed by atoms with van der Waals surface area (Å²) in [5.41, 5.74) is -1.37. The van der Waals surface area contributed by atoms with Gasteiger partial charge in [0.15, 0.2) is 5.76 Å². The molecule has 11 heteroatoms. The molecule has 0 aromatic carbocycles. The SMILES string of the molecule is CC(C)(C)N[C@@H]1CC[C@H](N2CCC(NC(=O)c3ccc(C(F)(F)F)o3)C2=O)[C@](C)(C(=O)O)C1. The van der Waals surface area contributed by atoms with Gasteiger partial charge in [-0.25, -0.2) is 0 Å². The number of likely N-dealkylation sites (tertiary alicyclic amines) is 1. The number of nitrogens with one attached hydrogen (secondary N) is 2. The fraction of sp³-hybridized carbons (Fsp3) is 0.682. The minimum Gasteiger partial charge on any atom is -0.481 e. The second-order valence-electron chi connectivity index (χ2n) is 10.1. The number of hydrogen-bond donors (Lipinski definition) is 3. The van der Waals surface area contributed by atoms with Crippen LogP contribution in [0.2, 0.25) is 0 Å². The maximum atomic E-state index is 13.0. The largest absolute Gasteiger partial charge is 0.481 e. The van der Waals surface area contributed by atoms with Crippen LogP contribution in [0, 0.1) is 5.41 Å². The number of alkyl halides is 3. The molecule has 3 rings (SSSR count). The van der Waals surface area contributed by atoms with Gasteiger partial charge in [-0.15, -0.1) is 0 Å². The minimum absolute atomic E-state index is 0.0164. The number of carbonyl (C=O) groups excluding carboxylic acids is 2. The molecule has 0 bridgehead atoms. The van der Waals surface area contributed by atoms with Crippen molar-refractivity contribution in [3.63, 3.8) is 0 Å². The monoisotopic (exact) mass is 473 g/mol. The molecule has 1 saturated carbocycles. The van der Waals surface area contributed by atoms with Crippen LogP contribution >= 0.6 is 0 Å². The topological polar surface area (TPSA) is 112 Å². The number of hydrogen-bond acceptors (Lipinski definition) is 5. The molecule has 1 aromatic heterocycles. The van der Waals surface area contributed by atoms with Crippen LogP contribution in [-0.4, -0.2) is 58.0 Å². The van der Waals surface area contributed by atoms with Crippen molar-refractivity contribution in [1.29, 1.82) is 0 Å². The number of carbonyl (C=O) groups is 3. The fourth-order valence-electron chi connectivity index (χ4n) is 4.88. The van der Waals surface area contributed by atoms with E-state index in [9.17, 15) is 32.7 Å². The first-order chi connectivity index (χ1) is 15.1. The number of amides is 2. The Morgan fingerprint density at radius 2 is 1.85 bits per heavy atom. The summed E-state index contributed by atoms with van der Waals surface area (Å²) in [6.07, 6.45) is -2.97. The Balaban J connectivity index is 1.70. The van der Waals surface area contributed by atoms with E-state index in [-0.39, 0.29) is 24.5 Å². The standard InChI is InChI=1S/C22H30F3N3O5/c1-20(2,3)27-12-5-7-15(21(4,11-12)19(31)32)28-10-9-13(18(28)30)26-17(29)14-6-8-16(33-14)22(23,24)25/h6,8,12-13,15,27H,5,7,9-11H2,1-4H3,(H,26,29)(H,31,32)/t12-,13?,15+,21-/m1/s1. The molecule has 2 heterocycles. The van der Waals surface area contributed by atoms with E-state index in [1.165, 1.54) is 4.90 Å². The van der Waals surface area contributed by atoms with Gasteiger partial charge in [0.05, 0.1) is 5.41 Å². The first-order valence-electron chi connectivity index (χ1n) is 10.9. The summed E-state index contributed by atoms with van der Waals surface area (Å²) in [6, 6.07) is 0.0287. The maximum Gasteiger partial charge on any atom is 0.449 e. The van der Waals surface area contributed by atoms with Crippen LogP contribution in [0.5, 0.6) is 0 Å². The fourth-order valence-corrected chi connectivity index (χ4v) is 4.88. The summed E-state index contributed by atoms with van der Waals surface area (Å²) in [5, 5.41) is 15.9. The van der Waals surface area contributed by atoms with Crippen LogP contribution in [0.1, 0.15) is 69.7 Å². The van der Waals surface area contributed by atoms with Crippen molar-refractivity contribution < 1.29 is 37.1 Å². The first-order valence-corrected chi connectivity index (χ1v) is 10.9. The molecule has 0 spiro atoms. The summed E-state index contributed by atoms with van der Waals surface area (Å²) in [6.45, 7) is 7.90. The predicted octanol–water partition coefficient (Wildman–Crippen LogP) is 3.03. The average molecular weight is 473 g/mol. The summed E-state index contributed by atoms with van der Waals surface area (Å²) < 4.78 is 42.7. The summed E-state index contributed by atoms with van der Waals surface area (Å²) in [4.78, 5) is 39.1. The smallest absolute Gasteiger partial charge is 0.449 e. The van der Waals surface area contributed by atoms with Crippen molar-refractivity contribution in [2.45, 2.75) is 83.2 Å². The Bertz CT molecular complexity index is 923. The molecule has 2 fully saturated rings. The molecule has 2 amide bonds. The number of rotatable bonds is 5. The Morgan fingerprint density at radius 3 is 2.39 bits per heavy atom. The second kappa shape index (κ2) is 8.66. The molecule has 8 nitrogen and oxygen atoms in total. The van der Waals surface area contributed by atoms with Crippen LogP contribution in [0.15, 0.2) is 16.5 Å². The van der Waals surface area contributed by atoms with Crippen molar-refractivity contribution in [3.8, 4) is 0 Å². The zero-order valence-corrected chi connectivity index (χ0v) is 19.1. The van der Waals surface area contributed by atoms with Gasteiger partial charge in [0.25, 0.3) is 5.91 Å². The van der Waals surface area contributed by atoms with E-state index in [1.54, 1.807) is 6.92 Å². The molecule has 3 N–H and O–H groups in total. The zero-order valence-electron chi connectivity index (χ0n) is 19.1. The molecule has 1 aromatic rings. The Morgan fingerprint density at radius 1 is 1.18 bits per heavy atom. The van der Waals surface area contributed by atoms with Gasteiger partial charge in [0.1, 0.15) is 6.04 Å². The van der Waals surface area contributed by atoms with Gasteiger partial charge in [0, 0.05) is 24.2 Å². The van der Waals surface area contributed by atoms with Gasteiger partial charge in [-0.05, 0) is 65.5 Å². The molecular weight excluding hydrogens is 443 g/mol. The lowest BCUT2D eigenvalue weighted by molar-refractivity contribution is -0.158. The van der Waals surface area contributed by atoms with E-state index in [0.29, 0.717) is 25.3 Å². The molecule has 1 unspecified atom stereocenters. The van der Waals surface area contributed by atoms with Crippen LogP contribution in [0.4, 0.5) is 13.2 Å². The van der Waals surface area contributed by atoms with Gasteiger partial charge in [-0.2, -0.15) is 13.2 Å². The average Bonchev–Trinajstić information content (AvgIpc) is 3.29. The Hall–Kier alpha value is -2.56. The third-order valence-corrected chi connectivity index (χ3v) is 6.35. The highest BCUT2D eigenvalue weighted by Crippen LogP contribution is 2.41. The highest BCUT2D eigenvalue weighted by molar-refractivity contribution is 5.96. The van der Waals surface area contributed by atoms with Crippen LogP contribution in [0.3, 0.4) is 0 Å². The van der Waals surface area contributed by atoms with Crippen molar-refractivity contribution in [1.82, 2.24) is 15.5 Å². The van der Waals surface area contributed by atoms with Crippen molar-refractivity contribution in [3.05, 3.63) is 23.7 Å². The summed E-state index contributed by atoms with van der Waals surface area (Å²) in [5.74, 6) is -4.21. The third-order valence-electron chi connectivity index (χ3n) is 6.35. The Labute approximate surface area is 189 Å². The first kappa shape index (κ1) is 25.1. The van der Waals surface area contributed by atoms with Crippen LogP contribution in [-0.2, 0) is 15.8 Å². The van der Waals surface area contributed by atoms with E-state index in [4.69, 9.17) is 0 Å². The van der Waals surface area contributed by atoms with Gasteiger partial charge in [-0.1, -0.05) is 0 Å². The molecular formula is C22H30F3N3O5. The lowest BCUT2D eigenvalue weighted by Gasteiger charge is -2.47. The molecule has 1 aliphatic heterocycles. The molecule has 0 radical (unpaired) electrons. The second-order valence-corrected chi connectivity index (χ2v) is 10.1. The summed E-state index contributed by atoms with van der Waals surface area (Å²) >= 11 is 0. The van der Waals surface area contributed by atoms with Gasteiger partial charge >= 0.3 is 12.1 Å². The van der Waals surface area contributed by atoms with Crippen molar-refractivity contribution in [2.75, 3.05) is 6.54 Å². The molecule has 33 heavy (non-hydrogen) atoms. The number of aliphatic carboxylic acids is 1. The van der Waals surface area contributed by atoms with Gasteiger partial charge < -0.3 is 25.1 Å². The molecule has 2 aliphatic rings. The summed E-state index contributed by atoms with van der Waals surface area (Å²) in [7, 11) is 0. The molecule has 184 valence electrons. The van der Waals surface area contributed by atoms with Gasteiger partial charge in [-0.3, -0.25) is 14.4 Å². The normalized spacial score (nSPS) is 28.8. The number of carboxylic acids is 1. The Kier molecular flexibility index (Phi) is 6.58. The van der Waals surface area contributed by atoms with E-state index in [2.05, 4.69) is 15.1 Å². The number of nitrogens with zero attached hydrogens (tertiary/aromatic N) is 1. The highest BCUT2D eigenvalue weighted by atomic mass is 19.4. The molecule has 4 atom stereocenters. The van der Waals surface area contributed by atoms with Crippen LogP contribution < -0.4 is 10.6 Å². The maximum absolute atomic E-state index is 13.0.